The molecule has 4 heteroatoms. The molecule has 1 radical (unpaired) electrons. The summed E-state index contributed by atoms with van der Waals surface area (Å²) in [5.74, 6) is 0.194. The van der Waals surface area contributed by atoms with Gasteiger partial charge in [0, 0.05) is 7.05 Å². The maximum Gasteiger partial charge on any atom is 0.239 e. The molecule has 0 amide bonds. The summed E-state index contributed by atoms with van der Waals surface area (Å²) in [7, 11) is 1.68. The van der Waals surface area contributed by atoms with Crippen LogP contribution in [0.5, 0.6) is 0 Å². The average molecular weight is 97.1 g/mol. The van der Waals surface area contributed by atoms with Gasteiger partial charge in [-0.25, -0.2) is 4.68 Å². The van der Waals surface area contributed by atoms with Crippen LogP contribution < -0.4 is 5.73 Å². The van der Waals surface area contributed by atoms with Gasteiger partial charge in [-0.3, -0.25) is 5.73 Å². The molecule has 4 nitrogen and oxygen atoms in total. The minimum Gasteiger partial charge on any atom is -0.266 e. The van der Waals surface area contributed by atoms with Gasteiger partial charge in [-0.1, -0.05) is 0 Å². The van der Waals surface area contributed by atoms with Crippen molar-refractivity contribution in [3.05, 3.63) is 6.33 Å². The van der Waals surface area contributed by atoms with Crippen LogP contribution in [0, 0.1) is 0 Å². The summed E-state index contributed by atoms with van der Waals surface area (Å²) in [5, 5.41) is 3.63. The first-order valence-corrected chi connectivity index (χ1v) is 1.86. The van der Waals surface area contributed by atoms with Crippen LogP contribution in [0.15, 0.2) is 6.33 Å². The van der Waals surface area contributed by atoms with Crippen molar-refractivity contribution < 1.29 is 0 Å². The lowest BCUT2D eigenvalue weighted by Gasteiger charge is -1.83. The first kappa shape index (κ1) is 4.11. The molecule has 7 heavy (non-hydrogen) atoms. The summed E-state index contributed by atoms with van der Waals surface area (Å²) in [4.78, 5) is 3.53. The van der Waals surface area contributed by atoms with E-state index in [0.29, 0.717) is 0 Å². The summed E-state index contributed by atoms with van der Waals surface area (Å²) in [6.07, 6.45) is 1.35. The number of hydrogen-bond donors (Lipinski definition) is 0. The molecular weight excluding hydrogens is 92.1 g/mol. The van der Waals surface area contributed by atoms with Gasteiger partial charge in [0.25, 0.3) is 0 Å². The third kappa shape index (κ3) is 0.534. The van der Waals surface area contributed by atoms with Crippen LogP contribution in [0.25, 0.3) is 0 Å². The van der Waals surface area contributed by atoms with Crippen LogP contribution in [-0.2, 0) is 7.05 Å². The normalized spacial score (nSPS) is 9.29. The fourth-order valence-corrected chi connectivity index (χ4v) is 0.296. The van der Waals surface area contributed by atoms with E-state index in [1.165, 1.54) is 11.0 Å². The van der Waals surface area contributed by atoms with Crippen LogP contribution in [0.4, 0.5) is 5.95 Å². The van der Waals surface area contributed by atoms with Gasteiger partial charge < -0.3 is 0 Å². The minimum absolute atomic E-state index is 0.194. The average Bonchev–Trinajstić information content (AvgIpc) is 1.91. The fourth-order valence-electron chi connectivity index (χ4n) is 0.296. The molecule has 1 rings (SSSR count). The molecule has 0 saturated heterocycles. The molecule has 0 aliphatic carbocycles. The number of rotatable bonds is 0. The summed E-state index contributed by atoms with van der Waals surface area (Å²) in [6.45, 7) is 0. The van der Waals surface area contributed by atoms with E-state index in [-0.39, 0.29) is 5.95 Å². The molecule has 1 aromatic heterocycles. The Morgan fingerprint density at radius 1 is 1.86 bits per heavy atom. The van der Waals surface area contributed by atoms with Gasteiger partial charge in [0.05, 0.1) is 0 Å². The Kier molecular flexibility index (Phi) is 0.714. The Morgan fingerprint density at radius 3 is 2.71 bits per heavy atom. The second kappa shape index (κ2) is 1.22. The van der Waals surface area contributed by atoms with E-state index >= 15 is 0 Å². The highest BCUT2D eigenvalue weighted by atomic mass is 15.3. The van der Waals surface area contributed by atoms with Crippen molar-refractivity contribution in [3.8, 4) is 0 Å². The molecule has 0 aromatic carbocycles. The summed E-state index contributed by atoms with van der Waals surface area (Å²) < 4.78 is 1.39. The van der Waals surface area contributed by atoms with Crippen molar-refractivity contribution in [2.24, 2.45) is 7.05 Å². The summed E-state index contributed by atoms with van der Waals surface area (Å²) in [5.41, 5.74) is 6.89. The highest BCUT2D eigenvalue weighted by Crippen LogP contribution is 1.88. The Balaban J connectivity index is 3.12. The Hall–Kier alpha value is -1.06. The fraction of sp³-hybridized carbons (Fsp3) is 0.333. The number of aromatic nitrogens is 3. The highest BCUT2D eigenvalue weighted by molar-refractivity contribution is 5.04. The van der Waals surface area contributed by atoms with Crippen molar-refractivity contribution in [2.45, 2.75) is 0 Å². The predicted molar refractivity (Wildman–Crippen MR) is 23.8 cm³/mol. The van der Waals surface area contributed by atoms with E-state index < -0.39 is 0 Å². The van der Waals surface area contributed by atoms with Gasteiger partial charge in [-0.15, -0.1) is 0 Å². The quantitative estimate of drug-likeness (QED) is 0.447. The molecular formula is C3H5N4. The van der Waals surface area contributed by atoms with Crippen molar-refractivity contribution in [3.63, 3.8) is 0 Å². The molecule has 1 aromatic rings. The van der Waals surface area contributed by atoms with Crippen molar-refractivity contribution >= 4 is 5.95 Å². The Labute approximate surface area is 41.0 Å². The van der Waals surface area contributed by atoms with Gasteiger partial charge >= 0.3 is 0 Å². The molecule has 0 aliphatic rings. The zero-order chi connectivity index (χ0) is 5.28. The van der Waals surface area contributed by atoms with E-state index in [2.05, 4.69) is 10.1 Å². The van der Waals surface area contributed by atoms with Gasteiger partial charge in [-0.2, -0.15) is 10.1 Å². The molecule has 0 bridgehead atoms. The van der Waals surface area contributed by atoms with Gasteiger partial charge in [0.2, 0.25) is 5.95 Å². The third-order valence-electron chi connectivity index (χ3n) is 0.711. The maximum absolute atomic E-state index is 6.89. The first-order chi connectivity index (χ1) is 3.30. The Bertz CT molecular complexity index is 139. The van der Waals surface area contributed by atoms with Crippen LogP contribution in [-0.4, -0.2) is 14.8 Å². The molecule has 0 saturated carbocycles. The van der Waals surface area contributed by atoms with Crippen molar-refractivity contribution in [1.82, 2.24) is 20.5 Å². The topological polar surface area (TPSA) is 54.5 Å². The number of nitrogens with zero attached hydrogens (tertiary/aromatic N) is 3. The molecule has 1 N–H and O–H groups in total. The Morgan fingerprint density at radius 2 is 2.57 bits per heavy atom. The smallest absolute Gasteiger partial charge is 0.239 e. The van der Waals surface area contributed by atoms with Gasteiger partial charge in [0.15, 0.2) is 0 Å². The van der Waals surface area contributed by atoms with Crippen LogP contribution >= 0.6 is 0 Å². The van der Waals surface area contributed by atoms with Gasteiger partial charge in [0.1, 0.15) is 6.33 Å². The standard InChI is InChI=1S/C3H5N4/c1-7-3(4)5-2-6-7/h2,4H,1H3. The highest BCUT2D eigenvalue weighted by Gasteiger charge is 1.87. The van der Waals surface area contributed by atoms with Crippen LogP contribution in [0.3, 0.4) is 0 Å². The van der Waals surface area contributed by atoms with E-state index in [1.54, 1.807) is 7.05 Å². The molecule has 0 aliphatic heterocycles. The van der Waals surface area contributed by atoms with Crippen molar-refractivity contribution in [1.29, 1.82) is 0 Å². The lowest BCUT2D eigenvalue weighted by molar-refractivity contribution is 0.765. The molecule has 0 fully saturated rings. The van der Waals surface area contributed by atoms with Crippen molar-refractivity contribution in [2.75, 3.05) is 0 Å². The van der Waals surface area contributed by atoms with Gasteiger partial charge in [-0.05, 0) is 0 Å². The monoisotopic (exact) mass is 97.1 g/mol. The zero-order valence-electron chi connectivity index (χ0n) is 3.92. The predicted octanol–water partition coefficient (Wildman–Crippen LogP) is -0.271. The van der Waals surface area contributed by atoms with E-state index in [4.69, 9.17) is 5.73 Å². The molecule has 37 valence electrons. The van der Waals surface area contributed by atoms with Crippen LogP contribution in [0.1, 0.15) is 0 Å². The van der Waals surface area contributed by atoms with E-state index in [9.17, 15) is 0 Å². The molecule has 0 unspecified atom stereocenters. The summed E-state index contributed by atoms with van der Waals surface area (Å²) in [6, 6.07) is 0. The molecule has 0 atom stereocenters. The molecule has 1 heterocycles. The second-order valence-corrected chi connectivity index (χ2v) is 1.21. The first-order valence-electron chi connectivity index (χ1n) is 1.86. The van der Waals surface area contributed by atoms with E-state index in [0.717, 1.165) is 0 Å². The largest absolute Gasteiger partial charge is 0.266 e. The minimum atomic E-state index is 0.194. The van der Waals surface area contributed by atoms with Crippen LogP contribution in [0.2, 0.25) is 0 Å². The summed E-state index contributed by atoms with van der Waals surface area (Å²) >= 11 is 0. The van der Waals surface area contributed by atoms with E-state index in [1.807, 2.05) is 0 Å². The lowest BCUT2D eigenvalue weighted by atomic mass is 11.0. The maximum atomic E-state index is 6.89. The molecule has 0 spiro atoms. The zero-order valence-corrected chi connectivity index (χ0v) is 3.92. The lowest BCUT2D eigenvalue weighted by Crippen LogP contribution is -1.89. The third-order valence-corrected chi connectivity index (χ3v) is 0.711. The second-order valence-electron chi connectivity index (χ2n) is 1.21. The number of hydrogen-bond acceptors (Lipinski definition) is 2. The number of nitrogens with one attached hydrogen (secondary N) is 1. The SMILES string of the molecule is Cn1ncnc1[NH]. The number of aryl methyl sites for hydroxylation is 1.